The molecule has 0 unspecified atom stereocenters. The molecule has 28 heavy (non-hydrogen) atoms. The van der Waals surface area contributed by atoms with E-state index in [1.165, 1.54) is 6.20 Å². The molecule has 0 aliphatic heterocycles. The molecule has 3 aromatic rings. The van der Waals surface area contributed by atoms with Gasteiger partial charge in [-0.25, -0.2) is 9.48 Å². The number of para-hydroxylation sites is 2. The SMILES string of the molecule is Cc1c(C(=O)OCC(=O)N(c2ccccc2)C(C)C)cnn1-c1ccccc1. The Morgan fingerprint density at radius 3 is 2.25 bits per heavy atom. The van der Waals surface area contributed by atoms with Crippen molar-refractivity contribution in [2.45, 2.75) is 26.8 Å². The van der Waals surface area contributed by atoms with E-state index in [4.69, 9.17) is 4.74 Å². The number of hydrogen-bond donors (Lipinski definition) is 0. The molecule has 0 bridgehead atoms. The highest BCUT2D eigenvalue weighted by Gasteiger charge is 2.22. The van der Waals surface area contributed by atoms with Crippen LogP contribution in [0.25, 0.3) is 5.69 Å². The molecule has 0 atom stereocenters. The van der Waals surface area contributed by atoms with E-state index in [1.807, 2.05) is 74.5 Å². The van der Waals surface area contributed by atoms with Crippen molar-refractivity contribution in [3.8, 4) is 5.69 Å². The van der Waals surface area contributed by atoms with Crippen LogP contribution in [0.4, 0.5) is 5.69 Å². The minimum absolute atomic E-state index is 0.0591. The van der Waals surface area contributed by atoms with Crippen molar-refractivity contribution in [2.24, 2.45) is 0 Å². The molecule has 6 nitrogen and oxygen atoms in total. The number of carbonyl (C=O) groups excluding carboxylic acids is 2. The van der Waals surface area contributed by atoms with Crippen molar-refractivity contribution in [3.63, 3.8) is 0 Å². The van der Waals surface area contributed by atoms with E-state index in [0.29, 0.717) is 11.3 Å². The fraction of sp³-hybridized carbons (Fsp3) is 0.227. The van der Waals surface area contributed by atoms with Gasteiger partial charge in [-0.1, -0.05) is 36.4 Å². The van der Waals surface area contributed by atoms with Crippen LogP contribution in [0.5, 0.6) is 0 Å². The lowest BCUT2D eigenvalue weighted by molar-refractivity contribution is -0.122. The van der Waals surface area contributed by atoms with Gasteiger partial charge in [-0.15, -0.1) is 0 Å². The number of rotatable bonds is 6. The third-order valence-corrected chi connectivity index (χ3v) is 4.38. The number of ether oxygens (including phenoxy) is 1. The standard InChI is InChI=1S/C22H23N3O3/c1-16(2)24(18-10-6-4-7-11-18)21(26)15-28-22(27)20-14-23-25(17(20)3)19-12-8-5-9-13-19/h4-14,16H,15H2,1-3H3. The highest BCUT2D eigenvalue weighted by Crippen LogP contribution is 2.18. The van der Waals surface area contributed by atoms with E-state index >= 15 is 0 Å². The van der Waals surface area contributed by atoms with Gasteiger partial charge >= 0.3 is 5.97 Å². The van der Waals surface area contributed by atoms with Crippen LogP contribution in [0, 0.1) is 6.92 Å². The maximum Gasteiger partial charge on any atom is 0.342 e. The second kappa shape index (κ2) is 8.52. The van der Waals surface area contributed by atoms with E-state index in [2.05, 4.69) is 5.10 Å². The average Bonchev–Trinajstić information content (AvgIpc) is 3.09. The zero-order chi connectivity index (χ0) is 20.1. The average molecular weight is 377 g/mol. The van der Waals surface area contributed by atoms with Crippen LogP contribution >= 0.6 is 0 Å². The molecular formula is C22H23N3O3. The Morgan fingerprint density at radius 2 is 1.64 bits per heavy atom. The molecule has 0 spiro atoms. The predicted molar refractivity (Wildman–Crippen MR) is 108 cm³/mol. The number of amides is 1. The molecule has 2 aromatic carbocycles. The summed E-state index contributed by atoms with van der Waals surface area (Å²) in [6, 6.07) is 18.8. The quantitative estimate of drug-likeness (QED) is 0.613. The highest BCUT2D eigenvalue weighted by atomic mass is 16.5. The largest absolute Gasteiger partial charge is 0.452 e. The maximum absolute atomic E-state index is 12.7. The summed E-state index contributed by atoms with van der Waals surface area (Å²) in [4.78, 5) is 26.8. The van der Waals surface area contributed by atoms with E-state index in [1.54, 1.807) is 16.5 Å². The molecule has 0 saturated heterocycles. The second-order valence-electron chi connectivity index (χ2n) is 6.66. The summed E-state index contributed by atoms with van der Waals surface area (Å²) in [5.74, 6) is -0.840. The number of esters is 1. The van der Waals surface area contributed by atoms with Crippen molar-refractivity contribution in [1.29, 1.82) is 0 Å². The first kappa shape index (κ1) is 19.4. The monoisotopic (exact) mass is 377 g/mol. The highest BCUT2D eigenvalue weighted by molar-refractivity contribution is 5.97. The molecule has 0 radical (unpaired) electrons. The first-order valence-corrected chi connectivity index (χ1v) is 9.13. The molecule has 1 heterocycles. The molecule has 0 fully saturated rings. The van der Waals surface area contributed by atoms with Gasteiger partial charge in [0.15, 0.2) is 6.61 Å². The smallest absolute Gasteiger partial charge is 0.342 e. The molecule has 0 saturated carbocycles. The minimum Gasteiger partial charge on any atom is -0.452 e. The lowest BCUT2D eigenvalue weighted by atomic mass is 10.2. The lowest BCUT2D eigenvalue weighted by Gasteiger charge is -2.26. The van der Waals surface area contributed by atoms with Crippen molar-refractivity contribution in [1.82, 2.24) is 9.78 Å². The van der Waals surface area contributed by atoms with Crippen LogP contribution in [-0.4, -0.2) is 34.3 Å². The Bertz CT molecular complexity index is 950. The molecule has 6 heteroatoms. The number of carbonyl (C=O) groups is 2. The number of nitrogens with zero attached hydrogens (tertiary/aromatic N) is 3. The molecule has 0 aliphatic carbocycles. The van der Waals surface area contributed by atoms with Crippen molar-refractivity contribution < 1.29 is 14.3 Å². The summed E-state index contributed by atoms with van der Waals surface area (Å²) >= 11 is 0. The van der Waals surface area contributed by atoms with Gasteiger partial charge in [0.05, 0.1) is 17.6 Å². The van der Waals surface area contributed by atoms with E-state index in [-0.39, 0.29) is 18.6 Å². The Labute approximate surface area is 164 Å². The van der Waals surface area contributed by atoms with Crippen LogP contribution < -0.4 is 4.90 Å². The molecule has 1 amide bonds. The van der Waals surface area contributed by atoms with Gasteiger partial charge < -0.3 is 9.64 Å². The molecule has 144 valence electrons. The maximum atomic E-state index is 12.7. The lowest BCUT2D eigenvalue weighted by Crippen LogP contribution is -2.39. The first-order chi connectivity index (χ1) is 13.5. The summed E-state index contributed by atoms with van der Waals surface area (Å²) in [5.41, 5.74) is 2.62. The van der Waals surface area contributed by atoms with Gasteiger partial charge in [0.25, 0.3) is 5.91 Å². The number of anilines is 1. The molecule has 1 aromatic heterocycles. The first-order valence-electron chi connectivity index (χ1n) is 9.13. The van der Waals surface area contributed by atoms with Crippen LogP contribution in [0.2, 0.25) is 0 Å². The van der Waals surface area contributed by atoms with Gasteiger partial charge in [0, 0.05) is 11.7 Å². The topological polar surface area (TPSA) is 64.4 Å². The normalized spacial score (nSPS) is 10.7. The van der Waals surface area contributed by atoms with Crippen molar-refractivity contribution in [3.05, 3.63) is 78.1 Å². The van der Waals surface area contributed by atoms with E-state index < -0.39 is 5.97 Å². The summed E-state index contributed by atoms with van der Waals surface area (Å²) in [5, 5.41) is 4.27. The Balaban J connectivity index is 1.70. The van der Waals surface area contributed by atoms with Gasteiger partial charge in [0.1, 0.15) is 5.56 Å². The number of benzene rings is 2. The summed E-state index contributed by atoms with van der Waals surface area (Å²) in [6.07, 6.45) is 1.46. The van der Waals surface area contributed by atoms with Crippen LogP contribution in [0.15, 0.2) is 66.9 Å². The van der Waals surface area contributed by atoms with Crippen molar-refractivity contribution in [2.75, 3.05) is 11.5 Å². The van der Waals surface area contributed by atoms with Gasteiger partial charge in [-0.3, -0.25) is 4.79 Å². The van der Waals surface area contributed by atoms with E-state index in [9.17, 15) is 9.59 Å². The Morgan fingerprint density at radius 1 is 1.04 bits per heavy atom. The number of hydrogen-bond acceptors (Lipinski definition) is 4. The van der Waals surface area contributed by atoms with Crippen LogP contribution in [0.3, 0.4) is 0 Å². The third kappa shape index (κ3) is 4.11. The zero-order valence-electron chi connectivity index (χ0n) is 16.2. The second-order valence-corrected chi connectivity index (χ2v) is 6.66. The Hall–Kier alpha value is -3.41. The van der Waals surface area contributed by atoms with Crippen molar-refractivity contribution >= 4 is 17.6 Å². The Kier molecular flexibility index (Phi) is 5.89. The predicted octanol–water partition coefficient (Wildman–Crippen LogP) is 3.78. The van der Waals surface area contributed by atoms with Crippen LogP contribution in [0.1, 0.15) is 29.9 Å². The van der Waals surface area contributed by atoms with Gasteiger partial charge in [-0.2, -0.15) is 5.10 Å². The molecule has 0 N–H and O–H groups in total. The third-order valence-electron chi connectivity index (χ3n) is 4.38. The minimum atomic E-state index is -0.565. The summed E-state index contributed by atoms with van der Waals surface area (Å²) in [7, 11) is 0. The summed E-state index contributed by atoms with van der Waals surface area (Å²) in [6.45, 7) is 5.30. The van der Waals surface area contributed by atoms with Gasteiger partial charge in [0.2, 0.25) is 0 Å². The summed E-state index contributed by atoms with van der Waals surface area (Å²) < 4.78 is 6.96. The van der Waals surface area contributed by atoms with Gasteiger partial charge in [-0.05, 0) is 45.0 Å². The molecule has 3 rings (SSSR count). The fourth-order valence-corrected chi connectivity index (χ4v) is 3.03. The molecular weight excluding hydrogens is 354 g/mol. The van der Waals surface area contributed by atoms with E-state index in [0.717, 1.165) is 11.4 Å². The molecule has 0 aliphatic rings. The number of aromatic nitrogens is 2. The van der Waals surface area contributed by atoms with Crippen LogP contribution in [-0.2, 0) is 9.53 Å². The fourth-order valence-electron chi connectivity index (χ4n) is 3.03. The zero-order valence-corrected chi connectivity index (χ0v) is 16.2.